The van der Waals surface area contributed by atoms with Crippen LogP contribution >= 0.6 is 24.8 Å². The summed E-state index contributed by atoms with van der Waals surface area (Å²) in [5.74, 6) is -1.14. The number of rotatable bonds is 5. The van der Waals surface area contributed by atoms with E-state index < -0.39 is 12.0 Å². The molecule has 29 heavy (non-hydrogen) atoms. The van der Waals surface area contributed by atoms with Crippen LogP contribution in [0.1, 0.15) is 12.0 Å². The van der Waals surface area contributed by atoms with Crippen molar-refractivity contribution in [1.29, 1.82) is 0 Å². The maximum absolute atomic E-state index is 10.8. The number of aliphatic carboxylic acids is 1. The average Bonchev–Trinajstić information content (AvgIpc) is 3.18. The highest BCUT2D eigenvalue weighted by atomic mass is 35.5. The van der Waals surface area contributed by atoms with Crippen molar-refractivity contribution in [2.24, 2.45) is 11.5 Å². The van der Waals surface area contributed by atoms with Gasteiger partial charge in [-0.1, -0.05) is 54.6 Å². The molecule has 0 saturated carbocycles. The summed E-state index contributed by atoms with van der Waals surface area (Å²) < 4.78 is 0. The number of carbonyl (C=O) groups excluding carboxylic acids is 1. The second-order valence-corrected chi connectivity index (χ2v) is 6.27. The minimum absolute atomic E-state index is 0. The zero-order valence-electron chi connectivity index (χ0n) is 15.9. The fraction of sp³-hybridized carbons (Fsp3) is 0.300. The number of benzene rings is 2. The second-order valence-electron chi connectivity index (χ2n) is 6.27. The molecule has 1 aliphatic heterocycles. The quantitative estimate of drug-likeness (QED) is 0.477. The van der Waals surface area contributed by atoms with Crippen molar-refractivity contribution in [1.82, 2.24) is 10.6 Å². The van der Waals surface area contributed by atoms with E-state index in [1.165, 1.54) is 16.7 Å². The highest BCUT2D eigenvalue weighted by Crippen LogP contribution is 2.18. The van der Waals surface area contributed by atoms with Crippen molar-refractivity contribution in [3.05, 3.63) is 60.2 Å². The van der Waals surface area contributed by atoms with Gasteiger partial charge < -0.3 is 27.2 Å². The SMILES string of the molecule is Cl.Cl.NCC(=O)NC1CN[C@H](C(=O)O)C1.NCc1ccc(-c2ccccc2)cc1. The monoisotopic (exact) mass is 442 g/mol. The molecule has 1 fully saturated rings. The smallest absolute Gasteiger partial charge is 0.320 e. The maximum atomic E-state index is 10.8. The van der Waals surface area contributed by atoms with Crippen molar-refractivity contribution in [3.8, 4) is 11.1 Å². The highest BCUT2D eigenvalue weighted by molar-refractivity contribution is 5.85. The zero-order valence-corrected chi connectivity index (χ0v) is 17.5. The van der Waals surface area contributed by atoms with Gasteiger partial charge >= 0.3 is 5.97 Å². The molecule has 0 aromatic heterocycles. The van der Waals surface area contributed by atoms with Gasteiger partial charge in [-0.3, -0.25) is 9.59 Å². The highest BCUT2D eigenvalue weighted by Gasteiger charge is 2.29. The summed E-state index contributed by atoms with van der Waals surface area (Å²) in [5.41, 5.74) is 14.3. The molecule has 1 unspecified atom stereocenters. The van der Waals surface area contributed by atoms with E-state index in [0.29, 0.717) is 19.5 Å². The van der Waals surface area contributed by atoms with Crippen molar-refractivity contribution >= 4 is 36.7 Å². The summed E-state index contributed by atoms with van der Waals surface area (Å²) >= 11 is 0. The van der Waals surface area contributed by atoms with Gasteiger partial charge in [-0.05, 0) is 23.1 Å². The average molecular weight is 443 g/mol. The van der Waals surface area contributed by atoms with Gasteiger partial charge in [0, 0.05) is 19.1 Å². The minimum atomic E-state index is -0.885. The number of halogens is 2. The number of carboxylic acids is 1. The number of carbonyl (C=O) groups is 2. The molecule has 0 spiro atoms. The predicted molar refractivity (Wildman–Crippen MR) is 119 cm³/mol. The van der Waals surface area contributed by atoms with E-state index in [0.717, 1.165) is 0 Å². The lowest BCUT2D eigenvalue weighted by molar-refractivity contribution is -0.139. The van der Waals surface area contributed by atoms with E-state index in [9.17, 15) is 9.59 Å². The van der Waals surface area contributed by atoms with Crippen LogP contribution in [0.3, 0.4) is 0 Å². The van der Waals surface area contributed by atoms with Gasteiger partial charge in [0.05, 0.1) is 6.54 Å². The molecule has 2 aromatic carbocycles. The molecule has 1 aliphatic rings. The fourth-order valence-electron chi connectivity index (χ4n) is 2.78. The van der Waals surface area contributed by atoms with E-state index in [1.807, 2.05) is 18.2 Å². The first kappa shape index (κ1) is 26.8. The molecular formula is C20H28Cl2N4O3. The Morgan fingerprint density at radius 3 is 2.07 bits per heavy atom. The first-order valence-corrected chi connectivity index (χ1v) is 8.83. The molecule has 9 heteroatoms. The Kier molecular flexibility index (Phi) is 12.9. The van der Waals surface area contributed by atoms with Gasteiger partial charge in [-0.15, -0.1) is 24.8 Å². The van der Waals surface area contributed by atoms with Gasteiger partial charge in [0.15, 0.2) is 0 Å². The first-order chi connectivity index (χ1) is 13.0. The third-order valence-electron chi connectivity index (χ3n) is 4.28. The van der Waals surface area contributed by atoms with E-state index >= 15 is 0 Å². The van der Waals surface area contributed by atoms with Crippen LogP contribution in [-0.4, -0.2) is 42.2 Å². The predicted octanol–water partition coefficient (Wildman–Crippen LogP) is 1.53. The Labute approximate surface area is 183 Å². The number of carboxylic acid groups (broad SMARTS) is 1. The van der Waals surface area contributed by atoms with E-state index in [-0.39, 0.29) is 43.3 Å². The number of hydrogen-bond donors (Lipinski definition) is 5. The lowest BCUT2D eigenvalue weighted by Gasteiger charge is -2.09. The molecule has 1 saturated heterocycles. The van der Waals surface area contributed by atoms with Crippen LogP contribution < -0.4 is 22.1 Å². The molecule has 0 bridgehead atoms. The molecule has 0 radical (unpaired) electrons. The van der Waals surface area contributed by atoms with Crippen molar-refractivity contribution in [2.75, 3.05) is 13.1 Å². The molecule has 3 rings (SSSR count). The van der Waals surface area contributed by atoms with Crippen molar-refractivity contribution in [3.63, 3.8) is 0 Å². The first-order valence-electron chi connectivity index (χ1n) is 8.83. The lowest BCUT2D eigenvalue weighted by atomic mass is 10.0. The van der Waals surface area contributed by atoms with Crippen LogP contribution in [0, 0.1) is 0 Å². The van der Waals surface area contributed by atoms with Crippen LogP contribution in [0.2, 0.25) is 0 Å². The molecule has 1 amide bonds. The Hall–Kier alpha value is -2.16. The Bertz CT molecular complexity index is 745. The summed E-state index contributed by atoms with van der Waals surface area (Å²) in [6, 6.07) is 18.0. The molecule has 160 valence electrons. The molecule has 2 atom stereocenters. The van der Waals surface area contributed by atoms with Gasteiger partial charge in [0.2, 0.25) is 5.91 Å². The van der Waals surface area contributed by atoms with Crippen LogP contribution in [-0.2, 0) is 16.1 Å². The van der Waals surface area contributed by atoms with Crippen LogP contribution in [0.25, 0.3) is 11.1 Å². The molecule has 7 nitrogen and oxygen atoms in total. The minimum Gasteiger partial charge on any atom is -0.480 e. The van der Waals surface area contributed by atoms with Crippen LogP contribution in [0.4, 0.5) is 0 Å². The largest absolute Gasteiger partial charge is 0.480 e. The third-order valence-corrected chi connectivity index (χ3v) is 4.28. The number of nitrogens with one attached hydrogen (secondary N) is 2. The van der Waals surface area contributed by atoms with E-state index in [4.69, 9.17) is 16.6 Å². The molecule has 1 heterocycles. The van der Waals surface area contributed by atoms with Crippen LogP contribution in [0.15, 0.2) is 54.6 Å². The van der Waals surface area contributed by atoms with E-state index in [2.05, 4.69) is 47.0 Å². The fourth-order valence-corrected chi connectivity index (χ4v) is 2.78. The maximum Gasteiger partial charge on any atom is 0.320 e. The van der Waals surface area contributed by atoms with Gasteiger partial charge in [-0.2, -0.15) is 0 Å². The normalized spacial score (nSPS) is 17.0. The Morgan fingerprint density at radius 2 is 1.59 bits per heavy atom. The standard InChI is InChI=1S/C13H13N.C7H13N3O3.2ClH/c14-10-11-6-8-13(9-7-11)12-4-2-1-3-5-12;8-2-6(11)10-4-1-5(7(12)13)9-3-4;;/h1-9H,10,14H2;4-5,9H,1-3,8H2,(H,10,11)(H,12,13);2*1H/t;4?,5-;;/m.0../s1. The van der Waals surface area contributed by atoms with Crippen molar-refractivity contribution in [2.45, 2.75) is 25.0 Å². The Balaban J connectivity index is 0.000000507. The molecular weight excluding hydrogens is 415 g/mol. The third kappa shape index (κ3) is 8.81. The topological polar surface area (TPSA) is 130 Å². The number of hydrogen-bond acceptors (Lipinski definition) is 5. The Morgan fingerprint density at radius 1 is 1.00 bits per heavy atom. The van der Waals surface area contributed by atoms with E-state index in [1.54, 1.807) is 0 Å². The van der Waals surface area contributed by atoms with Gasteiger partial charge in [0.25, 0.3) is 0 Å². The van der Waals surface area contributed by atoms with Crippen LogP contribution in [0.5, 0.6) is 0 Å². The molecule has 7 N–H and O–H groups in total. The summed E-state index contributed by atoms with van der Waals surface area (Å²) in [6.45, 7) is 1.03. The zero-order chi connectivity index (χ0) is 19.6. The summed E-state index contributed by atoms with van der Waals surface area (Å²) in [6.07, 6.45) is 0.418. The summed E-state index contributed by atoms with van der Waals surface area (Å²) in [5, 5.41) is 14.0. The number of nitrogens with two attached hydrogens (primary N) is 2. The van der Waals surface area contributed by atoms with Crippen molar-refractivity contribution < 1.29 is 14.7 Å². The second kappa shape index (κ2) is 13.9. The summed E-state index contributed by atoms with van der Waals surface area (Å²) in [7, 11) is 0. The number of amides is 1. The lowest BCUT2D eigenvalue weighted by Crippen LogP contribution is -2.39. The molecule has 2 aromatic rings. The van der Waals surface area contributed by atoms with Gasteiger partial charge in [-0.25, -0.2) is 0 Å². The molecule has 0 aliphatic carbocycles. The van der Waals surface area contributed by atoms with Gasteiger partial charge in [0.1, 0.15) is 6.04 Å². The summed E-state index contributed by atoms with van der Waals surface area (Å²) in [4.78, 5) is 21.3.